The third kappa shape index (κ3) is 5.61. The molecule has 2 aromatic rings. The van der Waals surface area contributed by atoms with Crippen LogP contribution >= 0.6 is 22.6 Å². The quantitative estimate of drug-likeness (QED) is 0.414. The Morgan fingerprint density at radius 2 is 1.59 bits per heavy atom. The molecule has 7 nitrogen and oxygen atoms in total. The first-order valence-electron chi connectivity index (χ1n) is 7.97. The summed E-state index contributed by atoms with van der Waals surface area (Å²) in [4.78, 5) is 24.2. The number of halogens is 1. The molecule has 142 valence electrons. The van der Waals surface area contributed by atoms with E-state index < -0.39 is 0 Å². The van der Waals surface area contributed by atoms with E-state index >= 15 is 0 Å². The van der Waals surface area contributed by atoms with Crippen molar-refractivity contribution >= 4 is 45.9 Å². The zero-order valence-electron chi connectivity index (χ0n) is 15.0. The minimum Gasteiger partial charge on any atom is -0.493 e. The number of carbonyl (C=O) groups is 2. The average molecular weight is 481 g/mol. The van der Waals surface area contributed by atoms with Crippen molar-refractivity contribution in [2.45, 2.75) is 0 Å². The number of hydrogen-bond acceptors (Lipinski definition) is 4. The summed E-state index contributed by atoms with van der Waals surface area (Å²) in [5.41, 5.74) is 1.68. The molecule has 8 heteroatoms. The van der Waals surface area contributed by atoms with Crippen molar-refractivity contribution < 1.29 is 19.1 Å². The molecule has 0 saturated heterocycles. The van der Waals surface area contributed by atoms with Crippen LogP contribution < -0.4 is 25.4 Å². The maximum Gasteiger partial charge on any atom is 0.319 e. The molecule has 3 N–H and O–H groups in total. The Hall–Kier alpha value is -2.75. The second-order valence-corrected chi connectivity index (χ2v) is 6.50. The fourth-order valence-corrected chi connectivity index (χ4v) is 2.89. The van der Waals surface area contributed by atoms with Crippen LogP contribution in [0.25, 0.3) is 0 Å². The third-order valence-electron chi connectivity index (χ3n) is 3.53. The lowest BCUT2D eigenvalue weighted by Crippen LogP contribution is -2.28. The van der Waals surface area contributed by atoms with Crippen molar-refractivity contribution in [3.05, 3.63) is 58.2 Å². The van der Waals surface area contributed by atoms with Gasteiger partial charge in [0.25, 0.3) is 5.91 Å². The zero-order chi connectivity index (χ0) is 19.8. The number of urea groups is 1. The third-order valence-corrected chi connectivity index (χ3v) is 4.42. The van der Waals surface area contributed by atoms with E-state index in [9.17, 15) is 9.59 Å². The van der Waals surface area contributed by atoms with E-state index in [1.807, 2.05) is 0 Å². The topological polar surface area (TPSA) is 88.7 Å². The highest BCUT2D eigenvalue weighted by Crippen LogP contribution is 2.31. The summed E-state index contributed by atoms with van der Waals surface area (Å²) in [5, 5.41) is 8.12. The average Bonchev–Trinajstić information content (AvgIpc) is 2.67. The van der Waals surface area contributed by atoms with Crippen LogP contribution in [0.5, 0.6) is 11.5 Å². The first-order valence-corrected chi connectivity index (χ1v) is 9.05. The number of rotatable bonds is 7. The second-order valence-electron chi connectivity index (χ2n) is 5.34. The van der Waals surface area contributed by atoms with Gasteiger partial charge in [0.2, 0.25) is 0 Å². The van der Waals surface area contributed by atoms with Crippen molar-refractivity contribution in [1.29, 1.82) is 0 Å². The zero-order valence-corrected chi connectivity index (χ0v) is 17.1. The van der Waals surface area contributed by atoms with Gasteiger partial charge in [-0.2, -0.15) is 0 Å². The summed E-state index contributed by atoms with van der Waals surface area (Å²) in [5.74, 6) is 0.765. The number of hydrogen-bond donors (Lipinski definition) is 3. The van der Waals surface area contributed by atoms with Gasteiger partial charge in [-0.25, -0.2) is 4.79 Å². The summed E-state index contributed by atoms with van der Waals surface area (Å²) >= 11 is 2.07. The number of carbonyl (C=O) groups excluding carboxylic acids is 2. The van der Waals surface area contributed by atoms with E-state index in [0.29, 0.717) is 35.0 Å². The minimum atomic E-state index is -0.327. The molecule has 0 unspecified atom stereocenters. The van der Waals surface area contributed by atoms with Crippen molar-refractivity contribution in [2.75, 3.05) is 31.4 Å². The molecule has 0 aliphatic heterocycles. The van der Waals surface area contributed by atoms with Gasteiger partial charge >= 0.3 is 6.03 Å². The van der Waals surface area contributed by atoms with Gasteiger partial charge in [-0.15, -0.1) is 6.58 Å². The maximum atomic E-state index is 12.6. The largest absolute Gasteiger partial charge is 0.493 e. The molecule has 0 heterocycles. The summed E-state index contributed by atoms with van der Waals surface area (Å²) < 4.78 is 11.2. The first-order chi connectivity index (χ1) is 13.0. The number of amides is 3. The molecule has 2 rings (SSSR count). The molecule has 0 fully saturated rings. The summed E-state index contributed by atoms with van der Waals surface area (Å²) in [7, 11) is 3.06. The SMILES string of the molecule is C=CCNC(=O)Nc1ccc(NC(=O)c2cc(OC)c(OC)cc2I)cc1. The second kappa shape index (κ2) is 9.81. The van der Waals surface area contributed by atoms with Crippen molar-refractivity contribution in [1.82, 2.24) is 5.32 Å². The fourth-order valence-electron chi connectivity index (χ4n) is 2.20. The van der Waals surface area contributed by atoms with Gasteiger partial charge in [-0.05, 0) is 59.0 Å². The molecule has 3 amide bonds. The van der Waals surface area contributed by atoms with E-state index in [0.717, 1.165) is 3.57 Å². The Morgan fingerprint density at radius 3 is 2.15 bits per heavy atom. The van der Waals surface area contributed by atoms with Crippen LogP contribution in [0, 0.1) is 3.57 Å². The molecule has 0 spiro atoms. The van der Waals surface area contributed by atoms with Crippen molar-refractivity contribution in [2.24, 2.45) is 0 Å². The summed E-state index contributed by atoms with van der Waals surface area (Å²) in [6.45, 7) is 3.91. The molecule has 0 aliphatic carbocycles. The molecule has 27 heavy (non-hydrogen) atoms. The molecule has 0 atom stereocenters. The van der Waals surface area contributed by atoms with Crippen LogP contribution in [0.3, 0.4) is 0 Å². The predicted octanol–water partition coefficient (Wildman–Crippen LogP) is 3.87. The smallest absolute Gasteiger partial charge is 0.319 e. The molecule has 0 radical (unpaired) electrons. The van der Waals surface area contributed by atoms with Gasteiger partial charge < -0.3 is 25.4 Å². The van der Waals surface area contributed by atoms with Gasteiger partial charge in [-0.3, -0.25) is 4.79 Å². The van der Waals surface area contributed by atoms with Crippen LogP contribution in [0.15, 0.2) is 49.1 Å². The lowest BCUT2D eigenvalue weighted by molar-refractivity contribution is 0.102. The molecule has 0 aromatic heterocycles. The Labute approximate surface area is 171 Å². The monoisotopic (exact) mass is 481 g/mol. The normalized spacial score (nSPS) is 9.89. The highest BCUT2D eigenvalue weighted by atomic mass is 127. The van der Waals surface area contributed by atoms with Gasteiger partial charge in [-0.1, -0.05) is 6.08 Å². The number of methoxy groups -OCH3 is 2. The van der Waals surface area contributed by atoms with E-state index in [2.05, 4.69) is 45.1 Å². The van der Waals surface area contributed by atoms with Crippen molar-refractivity contribution in [3.63, 3.8) is 0 Å². The Morgan fingerprint density at radius 1 is 1.04 bits per heavy atom. The predicted molar refractivity (Wildman–Crippen MR) is 114 cm³/mol. The maximum absolute atomic E-state index is 12.6. The molecule has 0 bridgehead atoms. The van der Waals surface area contributed by atoms with Crippen LogP contribution in [0.1, 0.15) is 10.4 Å². The van der Waals surface area contributed by atoms with Crippen LogP contribution in [0.2, 0.25) is 0 Å². The van der Waals surface area contributed by atoms with E-state index in [-0.39, 0.29) is 11.9 Å². The number of anilines is 2. The molecular formula is C19H20IN3O4. The van der Waals surface area contributed by atoms with Crippen LogP contribution in [0.4, 0.5) is 16.2 Å². The highest BCUT2D eigenvalue weighted by molar-refractivity contribution is 14.1. The van der Waals surface area contributed by atoms with Crippen molar-refractivity contribution in [3.8, 4) is 11.5 Å². The number of nitrogens with one attached hydrogen (secondary N) is 3. The highest BCUT2D eigenvalue weighted by Gasteiger charge is 2.15. The number of ether oxygens (including phenoxy) is 2. The molecule has 0 saturated carbocycles. The van der Waals surface area contributed by atoms with Gasteiger partial charge in [0.15, 0.2) is 11.5 Å². The standard InChI is InChI=1S/C19H20IN3O4/c1-4-9-21-19(25)23-13-7-5-12(6-8-13)22-18(24)14-10-16(26-2)17(27-3)11-15(14)20/h4-8,10-11H,1,9H2,2-3H3,(H,22,24)(H2,21,23,25). The Kier molecular flexibility index (Phi) is 7.47. The van der Waals surface area contributed by atoms with Crippen LogP contribution in [-0.4, -0.2) is 32.7 Å². The lowest BCUT2D eigenvalue weighted by Gasteiger charge is -2.12. The van der Waals surface area contributed by atoms with Gasteiger partial charge in [0, 0.05) is 21.5 Å². The Bertz CT molecular complexity index is 838. The van der Waals surface area contributed by atoms with E-state index in [4.69, 9.17) is 9.47 Å². The lowest BCUT2D eigenvalue weighted by atomic mass is 10.1. The fraction of sp³-hybridized carbons (Fsp3) is 0.158. The minimum absolute atomic E-state index is 0.273. The van der Waals surface area contributed by atoms with Crippen LogP contribution in [-0.2, 0) is 0 Å². The van der Waals surface area contributed by atoms with Gasteiger partial charge in [0.05, 0.1) is 19.8 Å². The summed E-state index contributed by atoms with van der Waals surface area (Å²) in [6, 6.07) is 9.85. The van der Waals surface area contributed by atoms with E-state index in [1.54, 1.807) is 49.6 Å². The first kappa shape index (κ1) is 20.6. The Balaban J connectivity index is 2.08. The molecule has 0 aliphatic rings. The molecule has 2 aromatic carbocycles. The van der Waals surface area contributed by atoms with Gasteiger partial charge in [0.1, 0.15) is 0 Å². The number of benzene rings is 2. The summed E-state index contributed by atoms with van der Waals surface area (Å²) in [6.07, 6.45) is 1.59. The molecular weight excluding hydrogens is 461 g/mol. The van der Waals surface area contributed by atoms with E-state index in [1.165, 1.54) is 7.11 Å².